The summed E-state index contributed by atoms with van der Waals surface area (Å²) in [4.78, 5) is 62.5. The monoisotopic (exact) mass is 676 g/mol. The summed E-state index contributed by atoms with van der Waals surface area (Å²) >= 11 is 0. The second kappa shape index (κ2) is 17.7. The number of carbonyl (C=O) groups is 5. The Kier molecular flexibility index (Phi) is 13.4. The Labute approximate surface area is 286 Å². The van der Waals surface area contributed by atoms with Gasteiger partial charge in [-0.1, -0.05) is 82.3 Å². The molecule has 0 bridgehead atoms. The highest BCUT2D eigenvalue weighted by molar-refractivity contribution is 5.97. The zero-order valence-electron chi connectivity index (χ0n) is 28.6. The topological polar surface area (TPSA) is 141 Å². The van der Waals surface area contributed by atoms with Crippen molar-refractivity contribution >= 4 is 40.4 Å². The van der Waals surface area contributed by atoms with E-state index in [4.69, 9.17) is 28.4 Å². The Morgan fingerprint density at radius 2 is 1.16 bits per heavy atom. The lowest BCUT2D eigenvalue weighted by Gasteiger charge is -2.43. The number of hydrogen-bond donors (Lipinski definition) is 0. The molecule has 1 saturated heterocycles. The summed E-state index contributed by atoms with van der Waals surface area (Å²) < 4.78 is 33.9. The predicted octanol–water partition coefficient (Wildman–Crippen LogP) is 5.60. The van der Waals surface area contributed by atoms with Crippen LogP contribution in [0.3, 0.4) is 0 Å². The van der Waals surface area contributed by atoms with E-state index in [0.29, 0.717) is 11.1 Å². The highest BCUT2D eigenvalue weighted by Gasteiger charge is 2.51. The third-order valence-corrected chi connectivity index (χ3v) is 8.18. The fourth-order valence-corrected chi connectivity index (χ4v) is 5.32. The van der Waals surface area contributed by atoms with E-state index in [1.54, 1.807) is 52.0 Å². The van der Waals surface area contributed by atoms with Gasteiger partial charge in [-0.15, -0.1) is 0 Å². The Morgan fingerprint density at radius 1 is 0.633 bits per heavy atom. The molecule has 262 valence electrons. The molecule has 11 heteroatoms. The Hall–Kier alpha value is -4.61. The van der Waals surface area contributed by atoms with Gasteiger partial charge in [-0.25, -0.2) is 0 Å². The summed E-state index contributed by atoms with van der Waals surface area (Å²) in [6.45, 7) is 8.20. The molecule has 1 aliphatic rings. The van der Waals surface area contributed by atoms with Crippen molar-refractivity contribution in [1.82, 2.24) is 0 Å². The van der Waals surface area contributed by atoms with Gasteiger partial charge in [0.15, 0.2) is 30.4 Å². The molecular weight excluding hydrogens is 632 g/mol. The first kappa shape index (κ1) is 37.2. The lowest BCUT2D eigenvalue weighted by Crippen LogP contribution is -2.61. The summed E-state index contributed by atoms with van der Waals surface area (Å²) in [6, 6.07) is 18.8. The van der Waals surface area contributed by atoms with Crippen molar-refractivity contribution in [3.05, 3.63) is 82.9 Å². The average Bonchev–Trinajstić information content (AvgIpc) is 3.11. The summed E-state index contributed by atoms with van der Waals surface area (Å²) in [5.74, 6) is -2.60. The van der Waals surface area contributed by atoms with Crippen LogP contribution >= 0.6 is 0 Å². The number of benzene rings is 3. The lowest BCUT2D eigenvalue weighted by atomic mass is 9.98. The van der Waals surface area contributed by atoms with Crippen molar-refractivity contribution in [3.8, 4) is 0 Å². The molecule has 0 amide bonds. The van der Waals surface area contributed by atoms with Gasteiger partial charge >= 0.3 is 23.9 Å². The largest absolute Gasteiger partial charge is 0.461 e. The van der Waals surface area contributed by atoms with Crippen LogP contribution in [-0.4, -0.2) is 67.0 Å². The summed E-state index contributed by atoms with van der Waals surface area (Å²) in [5, 5.41) is 2.22. The standard InChI is InChI=1S/C38H44O11/c1-6-24-10-16-29-19-26(13-17-28(29)18-24)21-44-34(43)20-25-11-14-27(15-12-25)30(39)22-45-38-37(49-33(42)9-4)36(48-32(41)8-3)35(23(5)46-38)47-31(40)7-2/h10-19,23,35-38H,6-9,20-22H2,1-5H3/t23-,35+,36+,37-,38+/m0/s1. The molecule has 0 N–H and O–H groups in total. The molecule has 49 heavy (non-hydrogen) atoms. The number of Topliss-reactive ketones (excluding diaryl/α,β-unsaturated/α-hetero) is 1. The fraction of sp³-hybridized carbons (Fsp3) is 0.447. The zero-order chi connectivity index (χ0) is 35.5. The first-order valence-electron chi connectivity index (χ1n) is 16.7. The van der Waals surface area contributed by atoms with Gasteiger partial charge in [-0.2, -0.15) is 0 Å². The first-order chi connectivity index (χ1) is 23.5. The number of fused-ring (bicyclic) bond motifs is 1. The maximum Gasteiger partial charge on any atom is 0.310 e. The number of rotatable bonds is 15. The second-order valence-corrected chi connectivity index (χ2v) is 11.8. The van der Waals surface area contributed by atoms with E-state index in [9.17, 15) is 24.0 Å². The van der Waals surface area contributed by atoms with Crippen molar-refractivity contribution in [2.75, 3.05) is 6.61 Å². The number of ketones is 1. The van der Waals surface area contributed by atoms with Crippen LogP contribution in [0.15, 0.2) is 60.7 Å². The molecule has 1 heterocycles. The molecular formula is C38H44O11. The van der Waals surface area contributed by atoms with E-state index in [1.807, 2.05) is 18.2 Å². The van der Waals surface area contributed by atoms with E-state index in [2.05, 4.69) is 25.1 Å². The average molecular weight is 677 g/mol. The van der Waals surface area contributed by atoms with Crippen LogP contribution in [0.4, 0.5) is 0 Å². The van der Waals surface area contributed by atoms with Crippen LogP contribution in [0.5, 0.6) is 0 Å². The normalized spacial score (nSPS) is 20.3. The maximum absolute atomic E-state index is 13.1. The minimum atomic E-state index is -1.31. The fourth-order valence-electron chi connectivity index (χ4n) is 5.32. The molecule has 0 unspecified atom stereocenters. The third kappa shape index (κ3) is 10.2. The van der Waals surface area contributed by atoms with E-state index < -0.39 is 67.0 Å². The van der Waals surface area contributed by atoms with Crippen molar-refractivity contribution < 1.29 is 52.4 Å². The molecule has 1 aliphatic heterocycles. The van der Waals surface area contributed by atoms with E-state index >= 15 is 0 Å². The second-order valence-electron chi connectivity index (χ2n) is 11.8. The molecule has 1 fully saturated rings. The minimum Gasteiger partial charge on any atom is -0.461 e. The smallest absolute Gasteiger partial charge is 0.310 e. The van der Waals surface area contributed by atoms with Gasteiger partial charge < -0.3 is 28.4 Å². The Bertz CT molecular complexity index is 1630. The van der Waals surface area contributed by atoms with Crippen molar-refractivity contribution in [2.45, 2.75) is 104 Å². The SMILES string of the molecule is CCC(=O)O[C@H]1[C@H](OC(=O)CC)[C@H](OCC(=O)c2ccc(CC(=O)OCc3ccc4cc(CC)ccc4c3)cc2)O[C@@H](C)[C@H]1OC(=O)CC. The van der Waals surface area contributed by atoms with Gasteiger partial charge in [0.05, 0.1) is 12.5 Å². The predicted molar refractivity (Wildman–Crippen MR) is 178 cm³/mol. The van der Waals surface area contributed by atoms with Crippen LogP contribution in [0, 0.1) is 0 Å². The molecule has 4 rings (SSSR count). The molecule has 0 aliphatic carbocycles. The molecule has 5 atom stereocenters. The quantitative estimate of drug-likeness (QED) is 0.113. The van der Waals surface area contributed by atoms with Crippen molar-refractivity contribution in [2.24, 2.45) is 0 Å². The minimum absolute atomic E-state index is 0.00864. The summed E-state index contributed by atoms with van der Waals surface area (Å²) in [6.07, 6.45) is -4.64. The summed E-state index contributed by atoms with van der Waals surface area (Å²) in [7, 11) is 0. The number of ether oxygens (including phenoxy) is 6. The molecule has 0 spiro atoms. The summed E-state index contributed by atoms with van der Waals surface area (Å²) in [5.41, 5.74) is 3.13. The maximum atomic E-state index is 13.1. The first-order valence-corrected chi connectivity index (χ1v) is 16.7. The van der Waals surface area contributed by atoms with Crippen molar-refractivity contribution in [3.63, 3.8) is 0 Å². The lowest BCUT2D eigenvalue weighted by molar-refractivity contribution is -0.299. The van der Waals surface area contributed by atoms with E-state index in [0.717, 1.165) is 22.8 Å². The molecule has 11 nitrogen and oxygen atoms in total. The van der Waals surface area contributed by atoms with Crippen molar-refractivity contribution in [1.29, 1.82) is 0 Å². The number of hydrogen-bond acceptors (Lipinski definition) is 11. The highest BCUT2D eigenvalue weighted by atomic mass is 16.7. The highest BCUT2D eigenvalue weighted by Crippen LogP contribution is 2.30. The van der Waals surface area contributed by atoms with Gasteiger partial charge in [0.2, 0.25) is 0 Å². The van der Waals surface area contributed by atoms with Gasteiger partial charge in [0.1, 0.15) is 13.2 Å². The van der Waals surface area contributed by atoms with Gasteiger partial charge in [-0.05, 0) is 46.9 Å². The Morgan fingerprint density at radius 3 is 1.76 bits per heavy atom. The number of carbonyl (C=O) groups excluding carboxylic acids is 5. The van der Waals surface area contributed by atoms with Gasteiger partial charge in [0.25, 0.3) is 0 Å². The van der Waals surface area contributed by atoms with E-state index in [1.165, 1.54) is 5.56 Å². The molecule has 0 radical (unpaired) electrons. The van der Waals surface area contributed by atoms with Gasteiger partial charge in [0, 0.05) is 24.8 Å². The molecule has 0 aromatic heterocycles. The molecule has 3 aromatic rings. The number of aryl methyl sites for hydroxylation is 1. The Balaban J connectivity index is 1.36. The molecule has 0 saturated carbocycles. The zero-order valence-corrected chi connectivity index (χ0v) is 28.6. The van der Waals surface area contributed by atoms with Gasteiger partial charge in [-0.3, -0.25) is 24.0 Å². The van der Waals surface area contributed by atoms with Crippen LogP contribution in [0.2, 0.25) is 0 Å². The molecule has 3 aromatic carbocycles. The van der Waals surface area contributed by atoms with E-state index in [-0.39, 0.29) is 32.3 Å². The van der Waals surface area contributed by atoms with Crippen LogP contribution in [0.1, 0.15) is 80.9 Å². The third-order valence-electron chi connectivity index (χ3n) is 8.18. The van der Waals surface area contributed by atoms with Crippen LogP contribution < -0.4 is 0 Å². The van der Waals surface area contributed by atoms with Crippen LogP contribution in [0.25, 0.3) is 10.8 Å². The van der Waals surface area contributed by atoms with Crippen LogP contribution in [-0.2, 0) is 67.0 Å². The number of esters is 4.